The first kappa shape index (κ1) is 20.4. The Morgan fingerprint density at radius 1 is 0.931 bits per heavy atom. The van der Waals surface area contributed by atoms with E-state index in [1.54, 1.807) is 18.2 Å². The van der Waals surface area contributed by atoms with Gasteiger partial charge in [0.25, 0.3) is 5.91 Å². The number of benzene rings is 2. The number of nitrogens with one attached hydrogen (secondary N) is 3. The van der Waals surface area contributed by atoms with Crippen LogP contribution in [0.3, 0.4) is 0 Å². The summed E-state index contributed by atoms with van der Waals surface area (Å²) in [7, 11) is 0. The largest absolute Gasteiger partial charge is 0.376 e. The molecule has 6 heteroatoms. The van der Waals surface area contributed by atoms with Crippen LogP contribution in [0.2, 0.25) is 0 Å². The van der Waals surface area contributed by atoms with Gasteiger partial charge in [0.15, 0.2) is 0 Å². The Bertz CT molecular complexity index is 881. The SMILES string of the molecule is N#CC1(NC(=O)CNc2ccccc2C(=O)Nc2ccccc2)CCCCCC1. The number of hydrogen-bond acceptors (Lipinski definition) is 4. The van der Waals surface area contributed by atoms with E-state index in [1.807, 2.05) is 36.4 Å². The monoisotopic (exact) mass is 390 g/mol. The Morgan fingerprint density at radius 3 is 2.28 bits per heavy atom. The first-order valence-corrected chi connectivity index (χ1v) is 10.0. The molecule has 6 nitrogen and oxygen atoms in total. The van der Waals surface area contributed by atoms with Crippen molar-refractivity contribution in [3.8, 4) is 6.07 Å². The van der Waals surface area contributed by atoms with Gasteiger partial charge in [0.05, 0.1) is 18.2 Å². The van der Waals surface area contributed by atoms with Gasteiger partial charge in [0.1, 0.15) is 5.54 Å². The first-order chi connectivity index (χ1) is 14.1. The molecule has 1 aliphatic rings. The molecule has 1 saturated carbocycles. The number of nitriles is 1. The second-order valence-corrected chi connectivity index (χ2v) is 7.38. The summed E-state index contributed by atoms with van der Waals surface area (Å²) in [4.78, 5) is 25.1. The number of carbonyl (C=O) groups is 2. The van der Waals surface area contributed by atoms with Gasteiger partial charge in [-0.3, -0.25) is 9.59 Å². The van der Waals surface area contributed by atoms with E-state index in [2.05, 4.69) is 22.0 Å². The average Bonchev–Trinajstić information content (AvgIpc) is 2.99. The number of nitrogens with zero attached hydrogens (tertiary/aromatic N) is 1. The quantitative estimate of drug-likeness (QED) is 0.648. The fraction of sp³-hybridized carbons (Fsp3) is 0.348. The van der Waals surface area contributed by atoms with E-state index in [9.17, 15) is 14.9 Å². The standard InChI is InChI=1S/C23H26N4O2/c24-17-23(14-8-1-2-9-15-23)27-21(28)16-25-20-13-7-6-12-19(20)22(29)26-18-10-4-3-5-11-18/h3-7,10-13,25H,1-2,8-9,14-16H2,(H,26,29)(H,27,28). The maximum atomic E-state index is 12.6. The minimum Gasteiger partial charge on any atom is -0.376 e. The number of para-hydroxylation sites is 2. The molecule has 0 spiro atoms. The number of anilines is 2. The van der Waals surface area contributed by atoms with Crippen molar-refractivity contribution in [3.63, 3.8) is 0 Å². The number of carbonyl (C=O) groups excluding carboxylic acids is 2. The summed E-state index contributed by atoms with van der Waals surface area (Å²) >= 11 is 0. The van der Waals surface area contributed by atoms with Crippen molar-refractivity contribution >= 4 is 23.2 Å². The van der Waals surface area contributed by atoms with Crippen LogP contribution in [-0.2, 0) is 4.79 Å². The summed E-state index contributed by atoms with van der Waals surface area (Å²) in [5.41, 5.74) is 0.949. The third-order valence-electron chi connectivity index (χ3n) is 5.19. The van der Waals surface area contributed by atoms with E-state index >= 15 is 0 Å². The summed E-state index contributed by atoms with van der Waals surface area (Å²) in [6.45, 7) is -0.000932. The smallest absolute Gasteiger partial charge is 0.257 e. The van der Waals surface area contributed by atoms with Crippen molar-refractivity contribution < 1.29 is 9.59 Å². The molecule has 2 amide bonds. The van der Waals surface area contributed by atoms with E-state index in [1.165, 1.54) is 0 Å². The van der Waals surface area contributed by atoms with Crippen LogP contribution in [-0.4, -0.2) is 23.9 Å². The van der Waals surface area contributed by atoms with Crippen LogP contribution in [0, 0.1) is 11.3 Å². The highest BCUT2D eigenvalue weighted by Crippen LogP contribution is 2.26. The molecule has 2 aromatic carbocycles. The molecule has 1 fully saturated rings. The van der Waals surface area contributed by atoms with Crippen molar-refractivity contribution in [1.82, 2.24) is 5.32 Å². The van der Waals surface area contributed by atoms with Gasteiger partial charge in [-0.1, -0.05) is 56.0 Å². The van der Waals surface area contributed by atoms with Crippen LogP contribution < -0.4 is 16.0 Å². The Balaban J connectivity index is 1.62. The summed E-state index contributed by atoms with van der Waals surface area (Å²) in [6.07, 6.45) is 5.47. The highest BCUT2D eigenvalue weighted by atomic mass is 16.2. The van der Waals surface area contributed by atoms with Gasteiger partial charge in [-0.25, -0.2) is 0 Å². The Labute approximate surface area is 171 Å². The molecule has 3 N–H and O–H groups in total. The molecule has 0 atom stereocenters. The van der Waals surface area contributed by atoms with Crippen molar-refractivity contribution in [1.29, 1.82) is 5.26 Å². The summed E-state index contributed by atoms with van der Waals surface area (Å²) in [5.74, 6) is -0.497. The zero-order chi connectivity index (χ0) is 20.5. The van der Waals surface area contributed by atoms with Crippen molar-refractivity contribution in [2.45, 2.75) is 44.1 Å². The fourth-order valence-corrected chi connectivity index (χ4v) is 3.64. The van der Waals surface area contributed by atoms with Gasteiger partial charge in [-0.15, -0.1) is 0 Å². The number of rotatable bonds is 6. The topological polar surface area (TPSA) is 94.0 Å². The van der Waals surface area contributed by atoms with Crippen LogP contribution in [0.1, 0.15) is 48.9 Å². The lowest BCUT2D eigenvalue weighted by atomic mass is 9.92. The van der Waals surface area contributed by atoms with E-state index < -0.39 is 5.54 Å². The third kappa shape index (κ3) is 5.58. The highest BCUT2D eigenvalue weighted by molar-refractivity contribution is 6.08. The van der Waals surface area contributed by atoms with Crippen LogP contribution in [0.15, 0.2) is 54.6 Å². The second-order valence-electron chi connectivity index (χ2n) is 7.38. The minimum atomic E-state index is -0.778. The molecular formula is C23H26N4O2. The number of amides is 2. The third-order valence-corrected chi connectivity index (χ3v) is 5.19. The molecule has 0 saturated heterocycles. The fourth-order valence-electron chi connectivity index (χ4n) is 3.64. The van der Waals surface area contributed by atoms with Gasteiger partial charge in [0.2, 0.25) is 5.91 Å². The zero-order valence-corrected chi connectivity index (χ0v) is 16.4. The van der Waals surface area contributed by atoms with Gasteiger partial charge < -0.3 is 16.0 Å². The van der Waals surface area contributed by atoms with Crippen molar-refractivity contribution in [2.24, 2.45) is 0 Å². The minimum absolute atomic E-state index is 0.000932. The van der Waals surface area contributed by atoms with Gasteiger partial charge >= 0.3 is 0 Å². The predicted octanol–water partition coefficient (Wildman–Crippen LogP) is 4.08. The molecule has 0 unspecified atom stereocenters. The summed E-state index contributed by atoms with van der Waals surface area (Å²) < 4.78 is 0. The van der Waals surface area contributed by atoms with E-state index in [-0.39, 0.29) is 18.4 Å². The first-order valence-electron chi connectivity index (χ1n) is 10.0. The average molecular weight is 390 g/mol. The van der Waals surface area contributed by atoms with Gasteiger partial charge in [-0.05, 0) is 37.1 Å². The Morgan fingerprint density at radius 2 is 1.59 bits per heavy atom. The molecule has 0 radical (unpaired) electrons. The highest BCUT2D eigenvalue weighted by Gasteiger charge is 2.32. The lowest BCUT2D eigenvalue weighted by Crippen LogP contribution is -2.49. The normalized spacial score (nSPS) is 15.4. The Kier molecular flexibility index (Phi) is 6.85. The maximum absolute atomic E-state index is 12.6. The van der Waals surface area contributed by atoms with Crippen LogP contribution >= 0.6 is 0 Å². The second kappa shape index (κ2) is 9.74. The molecule has 0 bridgehead atoms. The van der Waals surface area contributed by atoms with Crippen molar-refractivity contribution in [3.05, 3.63) is 60.2 Å². The summed E-state index contributed by atoms with van der Waals surface area (Å²) in [5, 5.41) is 18.4. The lowest BCUT2D eigenvalue weighted by Gasteiger charge is -2.26. The molecule has 1 aliphatic carbocycles. The maximum Gasteiger partial charge on any atom is 0.257 e. The van der Waals surface area contributed by atoms with Crippen molar-refractivity contribution in [2.75, 3.05) is 17.2 Å². The molecule has 0 heterocycles. The summed E-state index contributed by atoms with van der Waals surface area (Å²) in [6, 6.07) is 18.6. The van der Waals surface area contributed by atoms with E-state index in [0.29, 0.717) is 29.8 Å². The molecule has 3 rings (SSSR count). The Hall–Kier alpha value is -3.33. The van der Waals surface area contributed by atoms with E-state index in [0.717, 1.165) is 25.7 Å². The molecule has 0 aliphatic heterocycles. The molecule has 2 aromatic rings. The predicted molar refractivity (Wildman–Crippen MR) is 114 cm³/mol. The molecular weight excluding hydrogens is 364 g/mol. The molecule has 29 heavy (non-hydrogen) atoms. The van der Waals surface area contributed by atoms with Crippen LogP contribution in [0.4, 0.5) is 11.4 Å². The van der Waals surface area contributed by atoms with Gasteiger partial charge in [-0.2, -0.15) is 5.26 Å². The van der Waals surface area contributed by atoms with Crippen LogP contribution in [0.25, 0.3) is 0 Å². The zero-order valence-electron chi connectivity index (χ0n) is 16.4. The van der Waals surface area contributed by atoms with Gasteiger partial charge in [0, 0.05) is 11.4 Å². The van der Waals surface area contributed by atoms with Crippen LogP contribution in [0.5, 0.6) is 0 Å². The lowest BCUT2D eigenvalue weighted by molar-refractivity contribution is -0.120. The number of hydrogen-bond donors (Lipinski definition) is 3. The molecule has 150 valence electrons. The molecule has 0 aromatic heterocycles. The van der Waals surface area contributed by atoms with E-state index in [4.69, 9.17) is 0 Å².